The van der Waals surface area contributed by atoms with E-state index < -0.39 is 29.9 Å². The zero-order chi connectivity index (χ0) is 18.9. The van der Waals surface area contributed by atoms with Crippen molar-refractivity contribution in [3.05, 3.63) is 23.0 Å². The van der Waals surface area contributed by atoms with Crippen molar-refractivity contribution in [1.29, 1.82) is 0 Å². The number of carbonyl (C=O) groups excluding carboxylic acids is 1. The SMILES string of the molecule is CC(C)(C)OC(=O)c1cc(B(O)OC(C)(C)C(C)(C)O)cnc1Cl. The van der Waals surface area contributed by atoms with Crippen LogP contribution in [0.3, 0.4) is 0 Å². The highest BCUT2D eigenvalue weighted by molar-refractivity contribution is 6.60. The molecule has 134 valence electrons. The van der Waals surface area contributed by atoms with E-state index in [-0.39, 0.29) is 16.2 Å². The van der Waals surface area contributed by atoms with Gasteiger partial charge in [0.25, 0.3) is 0 Å². The summed E-state index contributed by atoms with van der Waals surface area (Å²) in [5, 5.41) is 20.4. The summed E-state index contributed by atoms with van der Waals surface area (Å²) in [7, 11) is -1.39. The molecule has 0 unspecified atom stereocenters. The predicted molar refractivity (Wildman–Crippen MR) is 93.5 cm³/mol. The first kappa shape index (κ1) is 20.9. The third kappa shape index (κ3) is 5.45. The third-order valence-corrected chi connectivity index (χ3v) is 3.94. The van der Waals surface area contributed by atoms with Gasteiger partial charge < -0.3 is 19.5 Å². The number of aromatic nitrogens is 1. The molecule has 0 saturated heterocycles. The molecule has 0 fully saturated rings. The molecule has 0 bridgehead atoms. The number of rotatable bonds is 5. The lowest BCUT2D eigenvalue weighted by Gasteiger charge is -2.38. The van der Waals surface area contributed by atoms with Crippen molar-refractivity contribution in [1.82, 2.24) is 4.98 Å². The molecule has 0 spiro atoms. The van der Waals surface area contributed by atoms with Crippen molar-refractivity contribution in [2.75, 3.05) is 0 Å². The minimum atomic E-state index is -1.39. The summed E-state index contributed by atoms with van der Waals surface area (Å²) < 4.78 is 10.8. The van der Waals surface area contributed by atoms with Crippen molar-refractivity contribution in [3.8, 4) is 0 Å². The molecule has 24 heavy (non-hydrogen) atoms. The number of pyridine rings is 1. The number of hydrogen-bond acceptors (Lipinski definition) is 6. The normalized spacial score (nSPS) is 12.9. The summed E-state index contributed by atoms with van der Waals surface area (Å²) in [5.41, 5.74) is -2.65. The number of ether oxygens (including phenoxy) is 1. The van der Waals surface area contributed by atoms with Crippen LogP contribution in [0.15, 0.2) is 12.3 Å². The highest BCUT2D eigenvalue weighted by Gasteiger charge is 2.40. The number of aliphatic hydroxyl groups is 1. The summed E-state index contributed by atoms with van der Waals surface area (Å²) >= 11 is 5.96. The quantitative estimate of drug-likeness (QED) is 0.475. The minimum absolute atomic E-state index is 0.0260. The van der Waals surface area contributed by atoms with Gasteiger partial charge in [-0.2, -0.15) is 0 Å². The molecule has 0 saturated carbocycles. The van der Waals surface area contributed by atoms with Gasteiger partial charge in [-0.1, -0.05) is 11.6 Å². The maximum absolute atomic E-state index is 12.2. The Labute approximate surface area is 148 Å². The molecule has 0 aliphatic rings. The molecular weight excluding hydrogens is 332 g/mol. The lowest BCUT2D eigenvalue weighted by molar-refractivity contribution is -0.0982. The van der Waals surface area contributed by atoms with Crippen LogP contribution in [0.4, 0.5) is 0 Å². The Morgan fingerprint density at radius 3 is 2.21 bits per heavy atom. The van der Waals surface area contributed by atoms with Crippen LogP contribution in [0.25, 0.3) is 0 Å². The van der Waals surface area contributed by atoms with Gasteiger partial charge >= 0.3 is 13.1 Å². The van der Waals surface area contributed by atoms with Crippen molar-refractivity contribution >= 4 is 30.2 Å². The molecule has 2 N–H and O–H groups in total. The van der Waals surface area contributed by atoms with E-state index in [2.05, 4.69) is 4.98 Å². The molecular formula is C16H25BClNO5. The maximum Gasteiger partial charge on any atom is 0.493 e. The van der Waals surface area contributed by atoms with E-state index in [4.69, 9.17) is 21.0 Å². The average Bonchev–Trinajstić information content (AvgIpc) is 2.34. The predicted octanol–water partition coefficient (Wildman–Crippen LogP) is 1.94. The fourth-order valence-corrected chi connectivity index (χ4v) is 1.75. The van der Waals surface area contributed by atoms with Crippen molar-refractivity contribution in [3.63, 3.8) is 0 Å². The van der Waals surface area contributed by atoms with E-state index in [0.717, 1.165) is 0 Å². The van der Waals surface area contributed by atoms with Gasteiger partial charge in [-0.25, -0.2) is 9.78 Å². The molecule has 1 aromatic heterocycles. The summed E-state index contributed by atoms with van der Waals surface area (Å²) in [5.74, 6) is -0.643. The Bertz CT molecular complexity index is 607. The van der Waals surface area contributed by atoms with Gasteiger partial charge in [0.15, 0.2) is 0 Å². The maximum atomic E-state index is 12.2. The van der Waals surface area contributed by atoms with Crippen LogP contribution in [0.1, 0.15) is 58.8 Å². The molecule has 0 aromatic carbocycles. The van der Waals surface area contributed by atoms with E-state index >= 15 is 0 Å². The van der Waals surface area contributed by atoms with Crippen LogP contribution >= 0.6 is 11.6 Å². The lowest BCUT2D eigenvalue weighted by Crippen LogP contribution is -2.53. The Kier molecular flexibility index (Phi) is 6.09. The first-order valence-corrected chi connectivity index (χ1v) is 7.99. The summed E-state index contributed by atoms with van der Waals surface area (Å²) in [6.07, 6.45) is 1.31. The largest absolute Gasteiger partial charge is 0.493 e. The second kappa shape index (κ2) is 7.00. The van der Waals surface area contributed by atoms with E-state index in [1.165, 1.54) is 12.3 Å². The average molecular weight is 358 g/mol. The summed E-state index contributed by atoms with van der Waals surface area (Å²) in [4.78, 5) is 16.1. The monoisotopic (exact) mass is 357 g/mol. The van der Waals surface area contributed by atoms with E-state index in [1.54, 1.807) is 48.5 Å². The van der Waals surface area contributed by atoms with Gasteiger partial charge in [-0.05, 0) is 54.5 Å². The fourth-order valence-electron chi connectivity index (χ4n) is 1.57. The van der Waals surface area contributed by atoms with Gasteiger partial charge in [0.05, 0.1) is 16.8 Å². The van der Waals surface area contributed by atoms with E-state index in [1.807, 2.05) is 0 Å². The number of esters is 1. The van der Waals surface area contributed by atoms with E-state index in [9.17, 15) is 14.9 Å². The lowest BCUT2D eigenvalue weighted by atomic mass is 9.77. The standard InChI is InChI=1S/C16H25BClNO5/c1-14(2,3)23-13(20)11-8-10(9-19-12(11)18)17(22)24-16(6,7)15(4,5)21/h8-9,21-22H,1-7H3. The van der Waals surface area contributed by atoms with Crippen LogP contribution in [0.5, 0.6) is 0 Å². The zero-order valence-electron chi connectivity index (χ0n) is 15.2. The van der Waals surface area contributed by atoms with Gasteiger partial charge in [0, 0.05) is 11.7 Å². The Balaban J connectivity index is 3.06. The van der Waals surface area contributed by atoms with Crippen LogP contribution in [-0.4, -0.2) is 45.0 Å². The van der Waals surface area contributed by atoms with E-state index in [0.29, 0.717) is 0 Å². The van der Waals surface area contributed by atoms with Crippen LogP contribution in [0, 0.1) is 0 Å². The summed E-state index contributed by atoms with van der Waals surface area (Å²) in [6, 6.07) is 1.37. The summed E-state index contributed by atoms with van der Waals surface area (Å²) in [6.45, 7) is 11.7. The molecule has 0 radical (unpaired) electrons. The highest BCUT2D eigenvalue weighted by Crippen LogP contribution is 2.25. The van der Waals surface area contributed by atoms with Crippen molar-refractivity contribution < 1.29 is 24.3 Å². The van der Waals surface area contributed by atoms with Gasteiger partial charge in [0.2, 0.25) is 0 Å². The van der Waals surface area contributed by atoms with Crippen LogP contribution < -0.4 is 5.46 Å². The Hall–Kier alpha value is -1.15. The Morgan fingerprint density at radius 1 is 1.21 bits per heavy atom. The van der Waals surface area contributed by atoms with Gasteiger partial charge in [0.1, 0.15) is 10.8 Å². The molecule has 8 heteroatoms. The molecule has 1 rings (SSSR count). The topological polar surface area (TPSA) is 88.9 Å². The molecule has 0 atom stereocenters. The van der Waals surface area contributed by atoms with Gasteiger partial charge in [-0.15, -0.1) is 0 Å². The van der Waals surface area contributed by atoms with Gasteiger partial charge in [-0.3, -0.25) is 0 Å². The zero-order valence-corrected chi connectivity index (χ0v) is 15.9. The molecule has 0 aliphatic carbocycles. The van der Waals surface area contributed by atoms with Crippen molar-refractivity contribution in [2.45, 2.75) is 65.3 Å². The highest BCUT2D eigenvalue weighted by atomic mass is 35.5. The molecule has 0 amide bonds. The molecule has 1 heterocycles. The first-order valence-electron chi connectivity index (χ1n) is 7.61. The number of hydrogen-bond donors (Lipinski definition) is 2. The van der Waals surface area contributed by atoms with Crippen molar-refractivity contribution in [2.24, 2.45) is 0 Å². The number of nitrogens with zero attached hydrogens (tertiary/aromatic N) is 1. The number of carbonyl (C=O) groups is 1. The van der Waals surface area contributed by atoms with Crippen LogP contribution in [0.2, 0.25) is 5.15 Å². The molecule has 0 aliphatic heterocycles. The number of halogens is 1. The second-order valence-electron chi connectivity index (χ2n) is 7.65. The fraction of sp³-hybridized carbons (Fsp3) is 0.625. The minimum Gasteiger partial charge on any atom is -0.456 e. The molecule has 1 aromatic rings. The molecule has 6 nitrogen and oxygen atoms in total. The second-order valence-corrected chi connectivity index (χ2v) is 8.01. The Morgan fingerprint density at radius 2 is 1.75 bits per heavy atom. The first-order chi connectivity index (χ1) is 10.6. The van der Waals surface area contributed by atoms with Crippen LogP contribution in [-0.2, 0) is 9.39 Å². The smallest absolute Gasteiger partial charge is 0.456 e. The third-order valence-electron chi connectivity index (χ3n) is 3.64.